The van der Waals surface area contributed by atoms with Gasteiger partial charge in [0.2, 0.25) is 0 Å². The van der Waals surface area contributed by atoms with E-state index in [1.165, 1.54) is 24.3 Å². The lowest BCUT2D eigenvalue weighted by atomic mass is 10.0. The number of carboxylic acids is 1. The second kappa shape index (κ2) is 9.06. The maximum atomic E-state index is 12.9. The summed E-state index contributed by atoms with van der Waals surface area (Å²) in [6, 6.07) is 27.4. The zero-order chi connectivity index (χ0) is 22.5. The number of hydrogen-bond donors (Lipinski definition) is 3. The number of aromatic hydroxyl groups is 1. The monoisotopic (exact) mass is 425 g/mol. The number of carbonyl (C=O) groups excluding carboxylic acids is 1. The van der Waals surface area contributed by atoms with Gasteiger partial charge in [-0.05, 0) is 53.6 Å². The van der Waals surface area contributed by atoms with Crippen molar-refractivity contribution >= 4 is 17.6 Å². The molecule has 4 aromatic rings. The number of anilines is 1. The maximum absolute atomic E-state index is 12.9. The zero-order valence-corrected chi connectivity index (χ0v) is 16.9. The van der Waals surface area contributed by atoms with E-state index in [1.54, 1.807) is 24.3 Å². The maximum Gasteiger partial charge on any atom is 0.337 e. The first-order valence-corrected chi connectivity index (χ1v) is 9.81. The van der Waals surface area contributed by atoms with Gasteiger partial charge < -0.3 is 20.3 Å². The molecule has 32 heavy (non-hydrogen) atoms. The summed E-state index contributed by atoms with van der Waals surface area (Å²) in [6.07, 6.45) is 0. The van der Waals surface area contributed by atoms with Crippen LogP contribution < -0.4 is 10.1 Å². The van der Waals surface area contributed by atoms with Gasteiger partial charge in [-0.15, -0.1) is 0 Å². The molecule has 0 radical (unpaired) electrons. The molecule has 6 nitrogen and oxygen atoms in total. The molecule has 1 amide bonds. The second-order valence-electron chi connectivity index (χ2n) is 6.98. The quantitative estimate of drug-likeness (QED) is 0.363. The normalized spacial score (nSPS) is 10.4. The lowest BCUT2D eigenvalue weighted by molar-refractivity contribution is 0.0698. The lowest BCUT2D eigenvalue weighted by Gasteiger charge is -2.13. The predicted octanol–water partition coefficient (Wildman–Crippen LogP) is 5.80. The van der Waals surface area contributed by atoms with Crippen LogP contribution in [0.25, 0.3) is 11.1 Å². The van der Waals surface area contributed by atoms with Crippen molar-refractivity contribution in [1.29, 1.82) is 0 Å². The van der Waals surface area contributed by atoms with Crippen molar-refractivity contribution in [3.8, 4) is 28.4 Å². The Bertz CT molecular complexity index is 1270. The first-order chi connectivity index (χ1) is 15.5. The number of phenolic OH excluding ortho intramolecular Hbond substituents is 1. The smallest absolute Gasteiger partial charge is 0.337 e. The summed E-state index contributed by atoms with van der Waals surface area (Å²) in [5.41, 5.74) is 1.64. The van der Waals surface area contributed by atoms with Gasteiger partial charge in [-0.3, -0.25) is 4.79 Å². The fourth-order valence-electron chi connectivity index (χ4n) is 3.22. The molecule has 3 N–H and O–H groups in total. The molecular formula is C26H19NO5. The molecule has 0 saturated heterocycles. The summed E-state index contributed by atoms with van der Waals surface area (Å²) in [5.74, 6) is -1.15. The standard InChI is InChI=1S/C26H19NO5/c28-24-14-12-20(32-19-9-5-2-6-10-19)16-22(24)25(29)27-23-15-18(11-13-21(23)26(30)31)17-7-3-1-4-8-17/h1-16,28H,(H,27,29)(H,30,31). The number of carboxylic acid groups (broad SMARTS) is 1. The fraction of sp³-hybridized carbons (Fsp3) is 0. The van der Waals surface area contributed by atoms with Crippen molar-refractivity contribution in [1.82, 2.24) is 0 Å². The third-order valence-corrected chi connectivity index (χ3v) is 4.80. The van der Waals surface area contributed by atoms with E-state index in [4.69, 9.17) is 4.74 Å². The van der Waals surface area contributed by atoms with E-state index in [9.17, 15) is 19.8 Å². The number of nitrogens with one attached hydrogen (secondary N) is 1. The number of phenols is 1. The van der Waals surface area contributed by atoms with Gasteiger partial charge in [-0.2, -0.15) is 0 Å². The molecule has 0 bridgehead atoms. The predicted molar refractivity (Wildman–Crippen MR) is 121 cm³/mol. The minimum absolute atomic E-state index is 0.0418. The van der Waals surface area contributed by atoms with Crippen LogP contribution >= 0.6 is 0 Å². The van der Waals surface area contributed by atoms with Crippen molar-refractivity contribution < 1.29 is 24.5 Å². The molecule has 0 saturated carbocycles. The molecule has 0 fully saturated rings. The van der Waals surface area contributed by atoms with E-state index < -0.39 is 11.9 Å². The molecule has 6 heteroatoms. The number of amides is 1. The number of rotatable bonds is 6. The summed E-state index contributed by atoms with van der Waals surface area (Å²) >= 11 is 0. The Labute approximate surface area is 184 Å². The van der Waals surface area contributed by atoms with Gasteiger partial charge in [0.15, 0.2) is 0 Å². The van der Waals surface area contributed by atoms with Crippen LogP contribution in [0.3, 0.4) is 0 Å². The van der Waals surface area contributed by atoms with E-state index >= 15 is 0 Å². The van der Waals surface area contributed by atoms with E-state index in [2.05, 4.69) is 5.32 Å². The molecule has 0 aliphatic rings. The van der Waals surface area contributed by atoms with Crippen molar-refractivity contribution in [3.63, 3.8) is 0 Å². The molecule has 0 heterocycles. The van der Waals surface area contributed by atoms with Crippen LogP contribution in [0.15, 0.2) is 97.1 Å². The third kappa shape index (κ3) is 4.60. The summed E-state index contributed by atoms with van der Waals surface area (Å²) < 4.78 is 5.73. The minimum Gasteiger partial charge on any atom is -0.507 e. The Kier molecular flexibility index (Phi) is 5.85. The largest absolute Gasteiger partial charge is 0.507 e. The average molecular weight is 425 g/mol. The minimum atomic E-state index is -1.18. The Morgan fingerprint density at radius 2 is 1.38 bits per heavy atom. The van der Waals surface area contributed by atoms with Crippen molar-refractivity contribution in [2.45, 2.75) is 0 Å². The fourth-order valence-corrected chi connectivity index (χ4v) is 3.22. The molecule has 0 aliphatic carbocycles. The number of benzene rings is 4. The highest BCUT2D eigenvalue weighted by Gasteiger charge is 2.18. The number of carbonyl (C=O) groups is 2. The number of aromatic carboxylic acids is 1. The number of hydrogen-bond acceptors (Lipinski definition) is 4. The van der Waals surface area contributed by atoms with Crippen LogP contribution in [-0.2, 0) is 0 Å². The van der Waals surface area contributed by atoms with Crippen molar-refractivity contribution in [2.24, 2.45) is 0 Å². The van der Waals surface area contributed by atoms with E-state index in [1.807, 2.05) is 48.5 Å². The Morgan fingerprint density at radius 1 is 0.688 bits per heavy atom. The summed E-state index contributed by atoms with van der Waals surface area (Å²) in [4.78, 5) is 24.6. The van der Waals surface area contributed by atoms with Crippen LogP contribution in [0, 0.1) is 0 Å². The molecular weight excluding hydrogens is 406 g/mol. The molecule has 158 valence electrons. The van der Waals surface area contributed by atoms with Crippen LogP contribution in [0.4, 0.5) is 5.69 Å². The van der Waals surface area contributed by atoms with E-state index in [0.717, 1.165) is 11.1 Å². The zero-order valence-electron chi connectivity index (χ0n) is 16.9. The highest BCUT2D eigenvalue weighted by Crippen LogP contribution is 2.30. The number of para-hydroxylation sites is 1. The molecule has 0 aliphatic heterocycles. The summed E-state index contributed by atoms with van der Waals surface area (Å²) in [7, 11) is 0. The van der Waals surface area contributed by atoms with Crippen LogP contribution in [0.5, 0.6) is 17.2 Å². The first-order valence-electron chi connectivity index (χ1n) is 9.81. The lowest BCUT2D eigenvalue weighted by Crippen LogP contribution is -2.15. The molecule has 0 spiro atoms. The van der Waals surface area contributed by atoms with E-state index in [-0.39, 0.29) is 22.6 Å². The number of ether oxygens (including phenoxy) is 1. The Morgan fingerprint density at radius 3 is 2.06 bits per heavy atom. The molecule has 4 rings (SSSR count). The van der Waals surface area contributed by atoms with Crippen LogP contribution in [0.1, 0.15) is 20.7 Å². The molecule has 4 aromatic carbocycles. The van der Waals surface area contributed by atoms with Crippen LogP contribution in [0.2, 0.25) is 0 Å². The van der Waals surface area contributed by atoms with Gasteiger partial charge in [-0.25, -0.2) is 4.79 Å². The van der Waals surface area contributed by atoms with Crippen LogP contribution in [-0.4, -0.2) is 22.1 Å². The molecule has 0 atom stereocenters. The summed E-state index contributed by atoms with van der Waals surface area (Å²) in [6.45, 7) is 0. The topological polar surface area (TPSA) is 95.9 Å². The molecule has 0 aromatic heterocycles. The van der Waals surface area contributed by atoms with Gasteiger partial charge >= 0.3 is 5.97 Å². The highest BCUT2D eigenvalue weighted by atomic mass is 16.5. The van der Waals surface area contributed by atoms with Gasteiger partial charge in [-0.1, -0.05) is 54.6 Å². The second-order valence-corrected chi connectivity index (χ2v) is 6.98. The van der Waals surface area contributed by atoms with Crippen molar-refractivity contribution in [2.75, 3.05) is 5.32 Å². The van der Waals surface area contributed by atoms with Gasteiger partial charge in [0, 0.05) is 0 Å². The average Bonchev–Trinajstić information content (AvgIpc) is 2.81. The van der Waals surface area contributed by atoms with Gasteiger partial charge in [0.1, 0.15) is 17.2 Å². The van der Waals surface area contributed by atoms with Gasteiger partial charge in [0.25, 0.3) is 5.91 Å². The third-order valence-electron chi connectivity index (χ3n) is 4.80. The first kappa shape index (κ1) is 20.7. The van der Waals surface area contributed by atoms with Crippen molar-refractivity contribution in [3.05, 3.63) is 108 Å². The van der Waals surface area contributed by atoms with Gasteiger partial charge in [0.05, 0.1) is 16.8 Å². The SMILES string of the molecule is O=C(Nc1cc(-c2ccccc2)ccc1C(=O)O)c1cc(Oc2ccccc2)ccc1O. The Hall–Kier alpha value is -4.58. The summed E-state index contributed by atoms with van der Waals surface area (Å²) in [5, 5.41) is 22.4. The molecule has 0 unspecified atom stereocenters. The Balaban J connectivity index is 1.64. The van der Waals surface area contributed by atoms with E-state index in [0.29, 0.717) is 11.5 Å². The highest BCUT2D eigenvalue weighted by molar-refractivity contribution is 6.09.